The summed E-state index contributed by atoms with van der Waals surface area (Å²) in [5, 5.41) is 1.78. The van der Waals surface area contributed by atoms with Crippen molar-refractivity contribution in [2.45, 2.75) is 39.8 Å². The molecule has 4 aromatic rings. The maximum atomic E-state index is 13.3. The van der Waals surface area contributed by atoms with Gasteiger partial charge in [0.25, 0.3) is 5.56 Å². The van der Waals surface area contributed by atoms with Gasteiger partial charge in [-0.3, -0.25) is 18.7 Å². The number of Topliss-reactive ketones (excluding diaryl/α,β-unsaturated/α-hetero) is 1. The number of carbonyl (C=O) groups is 1. The highest BCUT2D eigenvalue weighted by Gasteiger charge is 2.17. The lowest BCUT2D eigenvalue weighted by atomic mass is 10.0. The van der Waals surface area contributed by atoms with Crippen LogP contribution >= 0.6 is 11.3 Å². The Kier molecular flexibility index (Phi) is 5.74. The van der Waals surface area contributed by atoms with E-state index in [4.69, 9.17) is 0 Å². The van der Waals surface area contributed by atoms with Crippen molar-refractivity contribution in [2.24, 2.45) is 0 Å². The smallest absolute Gasteiger partial charge is 0.292 e. The molecule has 158 valence electrons. The predicted octanol–water partition coefficient (Wildman–Crippen LogP) is 4.59. The van der Waals surface area contributed by atoms with Crippen molar-refractivity contribution >= 4 is 27.3 Å². The minimum absolute atomic E-state index is 0.110. The van der Waals surface area contributed by atoms with E-state index in [2.05, 4.69) is 13.8 Å². The van der Waals surface area contributed by atoms with E-state index in [-0.39, 0.29) is 24.4 Å². The number of carbonyl (C=O) groups excluding carboxylic acids is 1. The Morgan fingerprint density at radius 3 is 2.26 bits per heavy atom. The minimum atomic E-state index is -0.469. The summed E-state index contributed by atoms with van der Waals surface area (Å²) in [6, 6.07) is 16.9. The van der Waals surface area contributed by atoms with Gasteiger partial charge in [-0.1, -0.05) is 67.9 Å². The number of thiophene rings is 1. The Hall–Kier alpha value is -3.25. The Balaban J connectivity index is 1.74. The molecule has 0 saturated carbocycles. The molecule has 0 amide bonds. The van der Waals surface area contributed by atoms with Gasteiger partial charge in [0, 0.05) is 5.56 Å². The van der Waals surface area contributed by atoms with Crippen LogP contribution in [0.2, 0.25) is 0 Å². The molecule has 5 nitrogen and oxygen atoms in total. The number of hydrogen-bond acceptors (Lipinski definition) is 4. The van der Waals surface area contributed by atoms with Crippen molar-refractivity contribution in [3.8, 4) is 0 Å². The maximum absolute atomic E-state index is 13.3. The number of benzene rings is 2. The number of nitrogens with zero attached hydrogens (tertiary/aromatic N) is 2. The molecule has 6 heteroatoms. The van der Waals surface area contributed by atoms with Crippen LogP contribution in [0.1, 0.15) is 46.8 Å². The van der Waals surface area contributed by atoms with E-state index in [0.717, 1.165) is 16.7 Å². The molecule has 0 aliphatic heterocycles. The number of fused-ring (bicyclic) bond motifs is 1. The summed E-state index contributed by atoms with van der Waals surface area (Å²) in [4.78, 5) is 39.2. The lowest BCUT2D eigenvalue weighted by Crippen LogP contribution is -2.40. The zero-order valence-electron chi connectivity index (χ0n) is 17.8. The van der Waals surface area contributed by atoms with Gasteiger partial charge in [-0.25, -0.2) is 4.79 Å². The summed E-state index contributed by atoms with van der Waals surface area (Å²) in [5.41, 5.74) is 3.40. The predicted molar refractivity (Wildman–Crippen MR) is 125 cm³/mol. The quantitative estimate of drug-likeness (QED) is 0.419. The molecule has 0 aliphatic carbocycles. The van der Waals surface area contributed by atoms with Gasteiger partial charge >= 0.3 is 5.69 Å². The van der Waals surface area contributed by atoms with Gasteiger partial charge in [-0.05, 0) is 35.4 Å². The molecule has 0 atom stereocenters. The van der Waals surface area contributed by atoms with Crippen molar-refractivity contribution in [2.75, 3.05) is 0 Å². The highest BCUT2D eigenvalue weighted by Crippen LogP contribution is 2.18. The second-order valence-electron chi connectivity index (χ2n) is 8.08. The minimum Gasteiger partial charge on any atom is -0.292 e. The zero-order valence-corrected chi connectivity index (χ0v) is 18.6. The van der Waals surface area contributed by atoms with E-state index < -0.39 is 5.69 Å². The lowest BCUT2D eigenvalue weighted by Gasteiger charge is -2.12. The van der Waals surface area contributed by atoms with Gasteiger partial charge < -0.3 is 0 Å². The fourth-order valence-corrected chi connectivity index (χ4v) is 4.43. The van der Waals surface area contributed by atoms with Crippen molar-refractivity contribution in [1.82, 2.24) is 9.13 Å². The SMILES string of the molecule is Cc1ccc(Cn2c(=O)c3sccc3n(CC(=O)c3ccc(C(C)C)cc3)c2=O)cc1. The fraction of sp³-hybridized carbons (Fsp3) is 0.240. The fourth-order valence-electron chi connectivity index (χ4n) is 3.59. The molecule has 4 rings (SSSR count). The summed E-state index contributed by atoms with van der Waals surface area (Å²) in [6.07, 6.45) is 0. The molecule has 0 fully saturated rings. The first-order chi connectivity index (χ1) is 14.8. The number of hydrogen-bond donors (Lipinski definition) is 0. The lowest BCUT2D eigenvalue weighted by molar-refractivity contribution is 0.0971. The second-order valence-corrected chi connectivity index (χ2v) is 9.00. The molecule has 2 aromatic carbocycles. The summed E-state index contributed by atoms with van der Waals surface area (Å²) in [7, 11) is 0. The largest absolute Gasteiger partial charge is 0.332 e. The maximum Gasteiger partial charge on any atom is 0.332 e. The summed E-state index contributed by atoms with van der Waals surface area (Å²) < 4.78 is 3.12. The Morgan fingerprint density at radius 2 is 1.61 bits per heavy atom. The Labute approximate surface area is 184 Å². The van der Waals surface area contributed by atoms with Crippen LogP contribution in [0.5, 0.6) is 0 Å². The number of aromatic nitrogens is 2. The first kappa shape index (κ1) is 21.0. The molecule has 0 spiro atoms. The van der Waals surface area contributed by atoms with Gasteiger partial charge in [-0.15, -0.1) is 11.3 Å². The number of rotatable bonds is 6. The monoisotopic (exact) mass is 432 g/mol. The van der Waals surface area contributed by atoms with Gasteiger partial charge in [0.15, 0.2) is 5.78 Å². The summed E-state index contributed by atoms with van der Waals surface area (Å²) in [5.74, 6) is 0.216. The van der Waals surface area contributed by atoms with Crippen LogP contribution in [0.15, 0.2) is 69.6 Å². The molecule has 0 N–H and O–H groups in total. The molecular weight excluding hydrogens is 408 g/mol. The highest BCUT2D eigenvalue weighted by molar-refractivity contribution is 7.17. The molecule has 0 bridgehead atoms. The number of aryl methyl sites for hydroxylation is 1. The molecule has 0 radical (unpaired) electrons. The van der Waals surface area contributed by atoms with Crippen LogP contribution in [0.3, 0.4) is 0 Å². The first-order valence-electron chi connectivity index (χ1n) is 10.2. The van der Waals surface area contributed by atoms with Crippen molar-refractivity contribution in [3.63, 3.8) is 0 Å². The van der Waals surface area contributed by atoms with Gasteiger partial charge in [0.2, 0.25) is 0 Å². The molecule has 2 heterocycles. The molecule has 31 heavy (non-hydrogen) atoms. The molecular formula is C25H24N2O3S. The third-order valence-electron chi connectivity index (χ3n) is 5.50. The molecule has 0 saturated heterocycles. The van der Waals surface area contributed by atoms with Gasteiger partial charge in [0.1, 0.15) is 4.70 Å². The van der Waals surface area contributed by atoms with Gasteiger partial charge in [-0.2, -0.15) is 0 Å². The Bertz CT molecular complexity index is 1360. The van der Waals surface area contributed by atoms with Crippen molar-refractivity contribution in [1.29, 1.82) is 0 Å². The van der Waals surface area contributed by atoms with Crippen LogP contribution in [0.25, 0.3) is 10.2 Å². The summed E-state index contributed by atoms with van der Waals surface area (Å²) in [6.45, 7) is 6.24. The van der Waals surface area contributed by atoms with E-state index in [9.17, 15) is 14.4 Å². The van der Waals surface area contributed by atoms with E-state index in [1.165, 1.54) is 20.5 Å². The van der Waals surface area contributed by atoms with E-state index >= 15 is 0 Å². The average Bonchev–Trinajstić information content (AvgIpc) is 3.25. The third-order valence-corrected chi connectivity index (χ3v) is 6.39. The second kappa shape index (κ2) is 8.47. The first-order valence-corrected chi connectivity index (χ1v) is 11.1. The standard InChI is InChI=1S/C25H24N2O3S/c1-16(2)19-8-10-20(11-9-19)22(28)15-26-21-12-13-31-23(21)24(29)27(25(26)30)14-18-6-4-17(3)5-7-18/h4-13,16H,14-15H2,1-3H3. The van der Waals surface area contributed by atoms with E-state index in [1.54, 1.807) is 23.6 Å². The van der Waals surface area contributed by atoms with E-state index in [0.29, 0.717) is 21.7 Å². The zero-order chi connectivity index (χ0) is 22.1. The topological polar surface area (TPSA) is 61.1 Å². The van der Waals surface area contributed by atoms with Crippen LogP contribution < -0.4 is 11.2 Å². The average molecular weight is 433 g/mol. The van der Waals surface area contributed by atoms with Crippen LogP contribution in [0, 0.1) is 6.92 Å². The molecule has 2 aromatic heterocycles. The number of ketones is 1. The van der Waals surface area contributed by atoms with Crippen LogP contribution in [-0.2, 0) is 13.1 Å². The van der Waals surface area contributed by atoms with E-state index in [1.807, 2.05) is 43.3 Å². The highest BCUT2D eigenvalue weighted by atomic mass is 32.1. The normalized spacial score (nSPS) is 11.4. The molecule has 0 aliphatic rings. The Morgan fingerprint density at radius 1 is 0.935 bits per heavy atom. The van der Waals surface area contributed by atoms with Gasteiger partial charge in [0.05, 0.1) is 18.6 Å². The van der Waals surface area contributed by atoms with Crippen LogP contribution in [0.4, 0.5) is 0 Å². The van der Waals surface area contributed by atoms with Crippen molar-refractivity contribution in [3.05, 3.63) is 103 Å². The molecule has 0 unspecified atom stereocenters. The van der Waals surface area contributed by atoms with Crippen LogP contribution in [-0.4, -0.2) is 14.9 Å². The third kappa shape index (κ3) is 4.16. The summed E-state index contributed by atoms with van der Waals surface area (Å²) >= 11 is 1.29. The van der Waals surface area contributed by atoms with Crippen molar-refractivity contribution < 1.29 is 4.79 Å².